The van der Waals surface area contributed by atoms with Gasteiger partial charge in [-0.2, -0.15) is 0 Å². The third-order valence-electron chi connectivity index (χ3n) is 4.22. The molecule has 2 N–H and O–H groups in total. The van der Waals surface area contributed by atoms with Crippen LogP contribution in [0.15, 0.2) is 11.6 Å². The summed E-state index contributed by atoms with van der Waals surface area (Å²) in [6, 6.07) is 0.702. The van der Waals surface area contributed by atoms with Crippen LogP contribution in [0.25, 0.3) is 4.96 Å². The lowest BCUT2D eigenvalue weighted by Gasteiger charge is -2.35. The van der Waals surface area contributed by atoms with Crippen LogP contribution < -0.4 is 10.6 Å². The number of nitrogens with zero attached hydrogens (tertiary/aromatic N) is 4. The number of hydrogen-bond donors (Lipinski definition) is 1. The molecule has 110 valence electrons. The number of fused-ring (bicyclic) bond motifs is 1. The van der Waals surface area contributed by atoms with Crippen LogP contribution in [0, 0.1) is 0 Å². The lowest BCUT2D eigenvalue weighted by Crippen LogP contribution is -2.42. The average Bonchev–Trinajstić information content (AvgIpc) is 3.02. The number of nitrogens with two attached hydrogens (primary N) is 1. The van der Waals surface area contributed by atoms with Crippen LogP contribution in [0.1, 0.15) is 18.5 Å². The maximum Gasteiger partial charge on any atom is 0.195 e. The number of aromatic nitrogens is 2. The Morgan fingerprint density at radius 1 is 1.40 bits per heavy atom. The van der Waals surface area contributed by atoms with Gasteiger partial charge in [0.2, 0.25) is 0 Å². The fourth-order valence-corrected chi connectivity index (χ4v) is 3.77. The van der Waals surface area contributed by atoms with Crippen LogP contribution in [0.5, 0.6) is 0 Å². The SMILES string of the molecule is CN(C)C1CCN(c2nc3sccn3c2CCN)CC1. The van der Waals surface area contributed by atoms with Gasteiger partial charge in [-0.15, -0.1) is 11.3 Å². The van der Waals surface area contributed by atoms with Crippen molar-refractivity contribution in [3.05, 3.63) is 17.3 Å². The van der Waals surface area contributed by atoms with Gasteiger partial charge in [0.05, 0.1) is 5.69 Å². The van der Waals surface area contributed by atoms with Gasteiger partial charge in [-0.1, -0.05) is 0 Å². The molecular formula is C14H23N5S. The summed E-state index contributed by atoms with van der Waals surface area (Å²) in [5, 5.41) is 2.09. The lowest BCUT2D eigenvalue weighted by molar-refractivity contribution is 0.249. The highest BCUT2D eigenvalue weighted by molar-refractivity contribution is 7.15. The maximum absolute atomic E-state index is 5.78. The van der Waals surface area contributed by atoms with Crippen LogP contribution >= 0.6 is 11.3 Å². The van der Waals surface area contributed by atoms with Gasteiger partial charge < -0.3 is 15.5 Å². The van der Waals surface area contributed by atoms with E-state index in [-0.39, 0.29) is 0 Å². The Morgan fingerprint density at radius 3 is 2.80 bits per heavy atom. The number of imidazole rings is 1. The highest BCUT2D eigenvalue weighted by Crippen LogP contribution is 2.28. The molecule has 5 nitrogen and oxygen atoms in total. The molecule has 0 amide bonds. The number of thiazole rings is 1. The summed E-state index contributed by atoms with van der Waals surface area (Å²) in [5.74, 6) is 1.15. The predicted molar refractivity (Wildman–Crippen MR) is 84.7 cm³/mol. The van der Waals surface area contributed by atoms with Crippen molar-refractivity contribution in [3.8, 4) is 0 Å². The van der Waals surface area contributed by atoms with E-state index in [1.54, 1.807) is 11.3 Å². The van der Waals surface area contributed by atoms with Crippen molar-refractivity contribution < 1.29 is 0 Å². The van der Waals surface area contributed by atoms with E-state index in [4.69, 9.17) is 10.7 Å². The molecule has 3 rings (SSSR count). The Kier molecular flexibility index (Phi) is 3.96. The minimum Gasteiger partial charge on any atom is -0.355 e. The monoisotopic (exact) mass is 293 g/mol. The second-order valence-corrected chi connectivity index (χ2v) is 6.53. The molecule has 0 saturated carbocycles. The number of piperidine rings is 1. The minimum atomic E-state index is 0.671. The van der Waals surface area contributed by atoms with Gasteiger partial charge in [0.25, 0.3) is 0 Å². The highest BCUT2D eigenvalue weighted by Gasteiger charge is 2.25. The van der Waals surface area contributed by atoms with Crippen molar-refractivity contribution in [2.75, 3.05) is 38.6 Å². The van der Waals surface area contributed by atoms with Gasteiger partial charge in [0.1, 0.15) is 0 Å². The highest BCUT2D eigenvalue weighted by atomic mass is 32.1. The average molecular weight is 293 g/mol. The third kappa shape index (κ3) is 2.43. The molecule has 0 radical (unpaired) electrons. The summed E-state index contributed by atoms with van der Waals surface area (Å²) in [6.45, 7) is 2.85. The van der Waals surface area contributed by atoms with E-state index in [9.17, 15) is 0 Å². The fourth-order valence-electron chi connectivity index (χ4n) is 3.04. The molecule has 6 heteroatoms. The normalized spacial score (nSPS) is 17.5. The van der Waals surface area contributed by atoms with Crippen molar-refractivity contribution in [3.63, 3.8) is 0 Å². The zero-order valence-electron chi connectivity index (χ0n) is 12.2. The molecule has 0 atom stereocenters. The van der Waals surface area contributed by atoms with Gasteiger partial charge in [-0.05, 0) is 33.5 Å². The standard InChI is InChI=1S/C14H23N5S/c1-17(2)11-4-7-18(8-5-11)13-12(3-6-15)19-9-10-20-14(19)16-13/h9-11H,3-8,15H2,1-2H3. The summed E-state index contributed by atoms with van der Waals surface area (Å²) in [6.07, 6.45) is 5.41. The van der Waals surface area contributed by atoms with Crippen molar-refractivity contribution >= 4 is 22.1 Å². The van der Waals surface area contributed by atoms with Gasteiger partial charge in [0, 0.05) is 37.1 Å². The number of anilines is 1. The molecule has 2 aromatic heterocycles. The van der Waals surface area contributed by atoms with Crippen molar-refractivity contribution in [2.45, 2.75) is 25.3 Å². The smallest absolute Gasteiger partial charge is 0.195 e. The summed E-state index contributed by atoms with van der Waals surface area (Å²) < 4.78 is 2.20. The first-order chi connectivity index (χ1) is 9.70. The lowest BCUT2D eigenvalue weighted by atomic mass is 10.0. The van der Waals surface area contributed by atoms with E-state index in [0.717, 1.165) is 30.3 Å². The Bertz CT molecular complexity index is 565. The maximum atomic E-state index is 5.78. The fraction of sp³-hybridized carbons (Fsp3) is 0.643. The summed E-state index contributed by atoms with van der Waals surface area (Å²) in [7, 11) is 4.35. The zero-order chi connectivity index (χ0) is 14.1. The van der Waals surface area contributed by atoms with E-state index >= 15 is 0 Å². The Balaban J connectivity index is 1.83. The second-order valence-electron chi connectivity index (χ2n) is 5.66. The zero-order valence-corrected chi connectivity index (χ0v) is 13.1. The second kappa shape index (κ2) is 5.71. The molecule has 1 fully saturated rings. The topological polar surface area (TPSA) is 49.8 Å². The molecule has 0 aliphatic carbocycles. The predicted octanol–water partition coefficient (Wildman–Crippen LogP) is 1.43. The van der Waals surface area contributed by atoms with Crippen LogP contribution in [0.3, 0.4) is 0 Å². The van der Waals surface area contributed by atoms with Crippen molar-refractivity contribution in [1.29, 1.82) is 0 Å². The third-order valence-corrected chi connectivity index (χ3v) is 4.97. The molecule has 2 aromatic rings. The van der Waals surface area contributed by atoms with Crippen molar-refractivity contribution in [2.24, 2.45) is 5.73 Å². The van der Waals surface area contributed by atoms with Crippen LogP contribution in [0.4, 0.5) is 5.82 Å². The first-order valence-corrected chi connectivity index (χ1v) is 8.14. The van der Waals surface area contributed by atoms with Crippen LogP contribution in [0.2, 0.25) is 0 Å². The van der Waals surface area contributed by atoms with E-state index in [2.05, 4.69) is 39.9 Å². The number of hydrogen-bond acceptors (Lipinski definition) is 5. The van der Waals surface area contributed by atoms with Gasteiger partial charge in [-0.25, -0.2) is 4.98 Å². The van der Waals surface area contributed by atoms with Gasteiger partial charge >= 0.3 is 0 Å². The molecule has 1 aliphatic heterocycles. The Hall–Kier alpha value is -1.11. The Morgan fingerprint density at radius 2 is 2.15 bits per heavy atom. The van der Waals surface area contributed by atoms with E-state index in [0.29, 0.717) is 12.6 Å². The summed E-state index contributed by atoms with van der Waals surface area (Å²) in [5.41, 5.74) is 7.05. The molecule has 0 aromatic carbocycles. The summed E-state index contributed by atoms with van der Waals surface area (Å²) >= 11 is 1.69. The Labute approximate surface area is 124 Å². The van der Waals surface area contributed by atoms with Crippen LogP contribution in [-0.2, 0) is 6.42 Å². The molecule has 3 heterocycles. The molecule has 0 spiro atoms. The molecule has 0 bridgehead atoms. The molecule has 1 saturated heterocycles. The van der Waals surface area contributed by atoms with Crippen molar-refractivity contribution in [1.82, 2.24) is 14.3 Å². The van der Waals surface area contributed by atoms with E-state index in [1.807, 2.05) is 0 Å². The first kappa shape index (κ1) is 13.9. The van der Waals surface area contributed by atoms with E-state index < -0.39 is 0 Å². The quantitative estimate of drug-likeness (QED) is 0.926. The first-order valence-electron chi connectivity index (χ1n) is 7.26. The molecule has 20 heavy (non-hydrogen) atoms. The van der Waals surface area contributed by atoms with Crippen LogP contribution in [-0.4, -0.2) is 54.1 Å². The molecular weight excluding hydrogens is 270 g/mol. The van der Waals surface area contributed by atoms with Gasteiger partial charge in [-0.3, -0.25) is 4.40 Å². The largest absolute Gasteiger partial charge is 0.355 e. The minimum absolute atomic E-state index is 0.671. The number of rotatable bonds is 4. The molecule has 0 unspecified atom stereocenters. The summed E-state index contributed by atoms with van der Waals surface area (Å²) in [4.78, 5) is 10.7. The molecule has 1 aliphatic rings. The van der Waals surface area contributed by atoms with Gasteiger partial charge in [0.15, 0.2) is 10.8 Å². The van der Waals surface area contributed by atoms with E-state index in [1.165, 1.54) is 18.5 Å².